The van der Waals surface area contributed by atoms with Gasteiger partial charge in [-0.2, -0.15) is 9.78 Å². The second kappa shape index (κ2) is 6.63. The van der Waals surface area contributed by atoms with E-state index in [4.69, 9.17) is 9.84 Å². The average Bonchev–Trinajstić information content (AvgIpc) is 3.02. The molecule has 0 saturated heterocycles. The fourth-order valence-corrected chi connectivity index (χ4v) is 2.92. The van der Waals surface area contributed by atoms with Crippen LogP contribution in [0.2, 0.25) is 0 Å². The van der Waals surface area contributed by atoms with E-state index in [1.165, 1.54) is 22.2 Å². The van der Waals surface area contributed by atoms with Crippen molar-refractivity contribution in [2.45, 2.75) is 6.92 Å². The second-order valence-corrected chi connectivity index (χ2v) is 5.77. The maximum Gasteiger partial charge on any atom is 0.341 e. The molecule has 1 N–H and O–H groups in total. The van der Waals surface area contributed by atoms with Crippen molar-refractivity contribution in [3.8, 4) is 5.75 Å². The number of carboxylic acids is 1. The van der Waals surface area contributed by atoms with Crippen LogP contribution in [0.15, 0.2) is 45.6 Å². The van der Waals surface area contributed by atoms with E-state index in [0.29, 0.717) is 27.4 Å². The first-order valence-electron chi connectivity index (χ1n) is 7.01. The number of para-hydroxylation sites is 1. The van der Waals surface area contributed by atoms with Crippen molar-refractivity contribution in [2.75, 3.05) is 6.61 Å². The summed E-state index contributed by atoms with van der Waals surface area (Å²) in [5, 5.41) is 15.2. The van der Waals surface area contributed by atoms with Gasteiger partial charge in [-0.3, -0.25) is 4.79 Å². The van der Waals surface area contributed by atoms with Gasteiger partial charge in [-0.25, -0.2) is 9.78 Å². The number of carbonyl (C=O) groups is 1. The number of thiophene rings is 1. The molecular formula is C16H13N3O4S. The van der Waals surface area contributed by atoms with Crippen LogP contribution in [0.3, 0.4) is 0 Å². The summed E-state index contributed by atoms with van der Waals surface area (Å²) >= 11 is 1.40. The zero-order valence-electron chi connectivity index (χ0n) is 12.7. The predicted molar refractivity (Wildman–Crippen MR) is 91.2 cm³/mol. The number of fused-ring (bicyclic) bond motifs is 1. The molecule has 0 aliphatic carbocycles. The van der Waals surface area contributed by atoms with Crippen LogP contribution in [0.4, 0.5) is 0 Å². The summed E-state index contributed by atoms with van der Waals surface area (Å²) in [6, 6.07) is 8.57. The summed E-state index contributed by atoms with van der Waals surface area (Å²) in [4.78, 5) is 28.1. The minimum Gasteiger partial charge on any atom is -0.481 e. The van der Waals surface area contributed by atoms with Gasteiger partial charge in [0.1, 0.15) is 16.4 Å². The SMILES string of the molecule is Cc1nc2sccc2c(=O)n1/N=C\c1ccccc1OCC(=O)O. The number of rotatable bonds is 5. The summed E-state index contributed by atoms with van der Waals surface area (Å²) in [5.74, 6) is -0.227. The molecule has 0 saturated carbocycles. The van der Waals surface area contributed by atoms with E-state index in [9.17, 15) is 9.59 Å². The Morgan fingerprint density at radius 2 is 2.21 bits per heavy atom. The third-order valence-corrected chi connectivity index (χ3v) is 4.03. The number of nitrogens with zero attached hydrogens (tertiary/aromatic N) is 3. The topological polar surface area (TPSA) is 93.8 Å². The average molecular weight is 343 g/mol. The van der Waals surface area contributed by atoms with Gasteiger partial charge in [0, 0.05) is 5.56 Å². The van der Waals surface area contributed by atoms with Crippen molar-refractivity contribution >= 4 is 33.7 Å². The van der Waals surface area contributed by atoms with Crippen molar-refractivity contribution in [3.05, 3.63) is 57.5 Å². The second-order valence-electron chi connectivity index (χ2n) is 4.88. The predicted octanol–water partition coefficient (Wildman–Crippen LogP) is 2.11. The zero-order chi connectivity index (χ0) is 17.1. The summed E-state index contributed by atoms with van der Waals surface area (Å²) in [6.07, 6.45) is 1.45. The van der Waals surface area contributed by atoms with Gasteiger partial charge in [-0.05, 0) is 30.5 Å². The lowest BCUT2D eigenvalue weighted by atomic mass is 10.2. The number of aromatic nitrogens is 2. The molecule has 0 spiro atoms. The van der Waals surface area contributed by atoms with Crippen LogP contribution in [0.5, 0.6) is 5.75 Å². The Labute approximate surface area is 140 Å². The highest BCUT2D eigenvalue weighted by Gasteiger charge is 2.08. The Balaban J connectivity index is 1.97. The Morgan fingerprint density at radius 3 is 3.00 bits per heavy atom. The highest BCUT2D eigenvalue weighted by Crippen LogP contribution is 2.17. The molecule has 3 rings (SSSR count). The molecule has 2 heterocycles. The number of aliphatic carboxylic acids is 1. The first-order chi connectivity index (χ1) is 11.6. The van der Waals surface area contributed by atoms with E-state index in [0.717, 1.165) is 0 Å². The van der Waals surface area contributed by atoms with Gasteiger partial charge in [-0.1, -0.05) is 12.1 Å². The third kappa shape index (κ3) is 3.18. The van der Waals surface area contributed by atoms with E-state index < -0.39 is 12.6 Å². The number of hydrogen-bond donors (Lipinski definition) is 1. The maximum atomic E-state index is 12.4. The van der Waals surface area contributed by atoms with Crippen LogP contribution in [-0.4, -0.2) is 33.6 Å². The molecule has 2 aromatic heterocycles. The van der Waals surface area contributed by atoms with Gasteiger partial charge in [-0.15, -0.1) is 11.3 Å². The third-order valence-electron chi connectivity index (χ3n) is 3.22. The Hall–Kier alpha value is -3.00. The molecule has 0 amide bonds. The normalized spacial score (nSPS) is 11.2. The van der Waals surface area contributed by atoms with Crippen molar-refractivity contribution in [1.29, 1.82) is 0 Å². The number of benzene rings is 1. The fourth-order valence-electron chi connectivity index (χ4n) is 2.12. The number of carboxylic acid groups (broad SMARTS) is 1. The molecule has 0 fully saturated rings. The molecule has 7 nitrogen and oxygen atoms in total. The molecule has 0 aliphatic rings. The van der Waals surface area contributed by atoms with Crippen LogP contribution in [0.25, 0.3) is 10.2 Å². The van der Waals surface area contributed by atoms with Crippen molar-refractivity contribution in [2.24, 2.45) is 5.10 Å². The van der Waals surface area contributed by atoms with E-state index in [-0.39, 0.29) is 5.56 Å². The van der Waals surface area contributed by atoms with E-state index >= 15 is 0 Å². The molecule has 24 heavy (non-hydrogen) atoms. The Bertz CT molecular complexity index is 990. The summed E-state index contributed by atoms with van der Waals surface area (Å²) in [7, 11) is 0. The van der Waals surface area contributed by atoms with Crippen molar-refractivity contribution in [3.63, 3.8) is 0 Å². The van der Waals surface area contributed by atoms with Crippen LogP contribution >= 0.6 is 11.3 Å². The monoisotopic (exact) mass is 343 g/mol. The number of ether oxygens (including phenoxy) is 1. The Morgan fingerprint density at radius 1 is 1.42 bits per heavy atom. The lowest BCUT2D eigenvalue weighted by molar-refractivity contribution is -0.139. The molecule has 1 aromatic carbocycles. The number of aryl methyl sites for hydroxylation is 1. The minimum atomic E-state index is -1.07. The molecule has 8 heteroatoms. The van der Waals surface area contributed by atoms with Gasteiger partial charge < -0.3 is 9.84 Å². The van der Waals surface area contributed by atoms with Crippen molar-refractivity contribution < 1.29 is 14.6 Å². The van der Waals surface area contributed by atoms with E-state index in [1.54, 1.807) is 37.3 Å². The molecular weight excluding hydrogens is 330 g/mol. The van der Waals surface area contributed by atoms with Gasteiger partial charge in [0.25, 0.3) is 5.56 Å². The molecule has 0 aliphatic heterocycles. The quantitative estimate of drug-likeness (QED) is 0.716. The number of hydrogen-bond acceptors (Lipinski definition) is 6. The van der Waals surface area contributed by atoms with Crippen LogP contribution in [-0.2, 0) is 4.79 Å². The fraction of sp³-hybridized carbons (Fsp3) is 0.125. The Kier molecular flexibility index (Phi) is 4.39. The van der Waals surface area contributed by atoms with Gasteiger partial charge in [0.2, 0.25) is 0 Å². The van der Waals surface area contributed by atoms with Gasteiger partial charge in [0.15, 0.2) is 6.61 Å². The standard InChI is InChI=1S/C16H13N3O4S/c1-10-18-15-12(6-7-24-15)16(22)19(10)17-8-11-4-2-3-5-13(11)23-9-14(20)21/h2-8H,9H2,1H3,(H,20,21)/b17-8-. The molecule has 122 valence electrons. The van der Waals surface area contributed by atoms with Crippen LogP contribution in [0.1, 0.15) is 11.4 Å². The lowest BCUT2D eigenvalue weighted by Crippen LogP contribution is -2.19. The van der Waals surface area contributed by atoms with Crippen LogP contribution < -0.4 is 10.3 Å². The minimum absolute atomic E-state index is 0.251. The summed E-state index contributed by atoms with van der Waals surface area (Å²) in [6.45, 7) is 1.25. The van der Waals surface area contributed by atoms with Gasteiger partial charge in [0.05, 0.1) is 11.6 Å². The molecule has 0 radical (unpaired) electrons. The van der Waals surface area contributed by atoms with Crippen molar-refractivity contribution in [1.82, 2.24) is 9.66 Å². The van der Waals surface area contributed by atoms with E-state index in [2.05, 4.69) is 10.1 Å². The van der Waals surface area contributed by atoms with Gasteiger partial charge >= 0.3 is 5.97 Å². The van der Waals surface area contributed by atoms with E-state index in [1.807, 2.05) is 5.38 Å². The lowest BCUT2D eigenvalue weighted by Gasteiger charge is -2.07. The van der Waals surface area contributed by atoms with Crippen LogP contribution in [0, 0.1) is 6.92 Å². The molecule has 0 unspecified atom stereocenters. The molecule has 0 bridgehead atoms. The maximum absolute atomic E-state index is 12.4. The first kappa shape index (κ1) is 15.9. The highest BCUT2D eigenvalue weighted by molar-refractivity contribution is 7.16. The zero-order valence-corrected chi connectivity index (χ0v) is 13.5. The largest absolute Gasteiger partial charge is 0.481 e. The molecule has 3 aromatic rings. The highest BCUT2D eigenvalue weighted by atomic mass is 32.1. The summed E-state index contributed by atoms with van der Waals surface area (Å²) < 4.78 is 6.42. The smallest absolute Gasteiger partial charge is 0.341 e. The molecule has 0 atom stereocenters. The summed E-state index contributed by atoms with van der Waals surface area (Å²) in [5.41, 5.74) is 0.314. The first-order valence-corrected chi connectivity index (χ1v) is 7.89.